The number of aliphatic carboxylic acids is 1. The summed E-state index contributed by atoms with van der Waals surface area (Å²) in [4.78, 5) is 26.7. The van der Waals surface area contributed by atoms with E-state index in [9.17, 15) is 9.59 Å². The summed E-state index contributed by atoms with van der Waals surface area (Å²) in [7, 11) is 0. The van der Waals surface area contributed by atoms with Crippen LogP contribution in [0.5, 0.6) is 0 Å². The smallest absolute Gasteiger partial charge is 0.320 e. The third-order valence-corrected chi connectivity index (χ3v) is 3.98. The summed E-state index contributed by atoms with van der Waals surface area (Å²) in [6, 6.07) is -0.481. The molecule has 2 aliphatic rings. The van der Waals surface area contributed by atoms with E-state index in [0.29, 0.717) is 38.6 Å². The maximum absolute atomic E-state index is 12.5. The first-order valence-electron chi connectivity index (χ1n) is 7.07. The third-order valence-electron chi connectivity index (χ3n) is 3.98. The first-order valence-corrected chi connectivity index (χ1v) is 7.07. The van der Waals surface area contributed by atoms with Crippen LogP contribution in [0.1, 0.15) is 19.3 Å². The summed E-state index contributed by atoms with van der Waals surface area (Å²) >= 11 is 0. The second kappa shape index (κ2) is 6.90. The minimum absolute atomic E-state index is 0.0837. The molecule has 2 fully saturated rings. The number of carbonyl (C=O) groups is 2. The standard InChI is InChI=1S/C13H22N2O5/c16-5-2-10-1-3-14(8-10)13(19)15-4-6-20-9-11(15)7-12(17)18/h10-11,16H,1-9H2,(H,17,18). The highest BCUT2D eigenvalue weighted by Crippen LogP contribution is 2.22. The van der Waals surface area contributed by atoms with Gasteiger partial charge in [0.15, 0.2) is 0 Å². The van der Waals surface area contributed by atoms with E-state index in [1.54, 1.807) is 9.80 Å². The molecule has 0 saturated carbocycles. The monoisotopic (exact) mass is 286 g/mol. The Hall–Kier alpha value is -1.34. The molecule has 114 valence electrons. The number of rotatable bonds is 4. The van der Waals surface area contributed by atoms with Gasteiger partial charge in [-0.15, -0.1) is 0 Å². The summed E-state index contributed by atoms with van der Waals surface area (Å²) in [5.74, 6) is -0.569. The number of aliphatic hydroxyl groups is 1. The minimum atomic E-state index is -0.919. The Balaban J connectivity index is 1.94. The Morgan fingerprint density at radius 3 is 2.80 bits per heavy atom. The van der Waals surface area contributed by atoms with E-state index >= 15 is 0 Å². The summed E-state index contributed by atoms with van der Waals surface area (Å²) < 4.78 is 5.28. The SMILES string of the molecule is O=C(O)CC1COCCN1C(=O)N1CCC(CCO)C1. The first kappa shape index (κ1) is 15.1. The lowest BCUT2D eigenvalue weighted by atomic mass is 10.1. The third kappa shape index (κ3) is 3.61. The highest BCUT2D eigenvalue weighted by atomic mass is 16.5. The number of likely N-dealkylation sites (tertiary alicyclic amines) is 1. The van der Waals surface area contributed by atoms with Gasteiger partial charge in [-0.25, -0.2) is 4.79 Å². The molecule has 2 heterocycles. The molecule has 2 atom stereocenters. The fraction of sp³-hybridized carbons (Fsp3) is 0.846. The summed E-state index contributed by atoms with van der Waals surface area (Å²) in [6.45, 7) is 2.66. The van der Waals surface area contributed by atoms with Crippen molar-refractivity contribution in [1.82, 2.24) is 9.80 Å². The van der Waals surface area contributed by atoms with E-state index in [2.05, 4.69) is 0 Å². The van der Waals surface area contributed by atoms with Crippen molar-refractivity contribution in [2.45, 2.75) is 25.3 Å². The molecule has 2 N–H and O–H groups in total. The minimum Gasteiger partial charge on any atom is -0.481 e. The molecule has 7 heteroatoms. The Morgan fingerprint density at radius 2 is 2.10 bits per heavy atom. The number of carbonyl (C=O) groups excluding carboxylic acids is 1. The van der Waals surface area contributed by atoms with E-state index < -0.39 is 5.97 Å². The quantitative estimate of drug-likeness (QED) is 0.758. The van der Waals surface area contributed by atoms with Crippen LogP contribution in [0.15, 0.2) is 0 Å². The van der Waals surface area contributed by atoms with Gasteiger partial charge in [0.25, 0.3) is 0 Å². The molecular formula is C13H22N2O5. The Labute approximate surface area is 118 Å². The average molecular weight is 286 g/mol. The lowest BCUT2D eigenvalue weighted by Crippen LogP contribution is -2.53. The molecule has 0 bridgehead atoms. The molecular weight excluding hydrogens is 264 g/mol. The highest BCUT2D eigenvalue weighted by molar-refractivity contribution is 5.76. The molecule has 20 heavy (non-hydrogen) atoms. The Bertz CT molecular complexity index is 363. The number of amides is 2. The molecule has 2 amide bonds. The van der Waals surface area contributed by atoms with Crippen molar-refractivity contribution in [3.63, 3.8) is 0 Å². The van der Waals surface area contributed by atoms with E-state index in [1.807, 2.05) is 0 Å². The van der Waals surface area contributed by atoms with Gasteiger partial charge in [-0.3, -0.25) is 4.79 Å². The van der Waals surface area contributed by atoms with Gasteiger partial charge in [-0.2, -0.15) is 0 Å². The number of aliphatic hydroxyl groups excluding tert-OH is 1. The van der Waals surface area contributed by atoms with Crippen LogP contribution in [0.3, 0.4) is 0 Å². The largest absolute Gasteiger partial charge is 0.481 e. The zero-order chi connectivity index (χ0) is 14.5. The number of carboxylic acid groups (broad SMARTS) is 1. The number of carboxylic acids is 1. The lowest BCUT2D eigenvalue weighted by Gasteiger charge is -2.37. The molecule has 2 saturated heterocycles. The fourth-order valence-electron chi connectivity index (χ4n) is 2.88. The van der Waals surface area contributed by atoms with Crippen LogP contribution in [0.2, 0.25) is 0 Å². The number of urea groups is 1. The van der Waals surface area contributed by atoms with E-state index in [0.717, 1.165) is 6.42 Å². The molecule has 0 aromatic rings. The molecule has 0 radical (unpaired) electrons. The lowest BCUT2D eigenvalue weighted by molar-refractivity contribution is -0.139. The van der Waals surface area contributed by atoms with Crippen molar-refractivity contribution in [2.75, 3.05) is 39.5 Å². The molecule has 2 unspecified atom stereocenters. The van der Waals surface area contributed by atoms with Crippen molar-refractivity contribution in [1.29, 1.82) is 0 Å². The second-order valence-electron chi connectivity index (χ2n) is 5.42. The fourth-order valence-corrected chi connectivity index (χ4v) is 2.88. The normalized spacial score (nSPS) is 26.9. The van der Waals surface area contributed by atoms with E-state index in [4.69, 9.17) is 14.9 Å². The molecule has 0 spiro atoms. The Kier molecular flexibility index (Phi) is 5.19. The number of ether oxygens (including phenoxy) is 1. The van der Waals surface area contributed by atoms with Gasteiger partial charge in [0.05, 0.1) is 25.7 Å². The van der Waals surface area contributed by atoms with Crippen LogP contribution in [0.25, 0.3) is 0 Å². The summed E-state index contributed by atoms with van der Waals surface area (Å²) in [5, 5.41) is 17.9. The second-order valence-corrected chi connectivity index (χ2v) is 5.42. The number of nitrogens with zero attached hydrogens (tertiary/aromatic N) is 2. The van der Waals surface area contributed by atoms with E-state index in [-0.39, 0.29) is 31.7 Å². The van der Waals surface area contributed by atoms with Crippen molar-refractivity contribution in [3.05, 3.63) is 0 Å². The van der Waals surface area contributed by atoms with Crippen LogP contribution in [0.4, 0.5) is 4.79 Å². The molecule has 0 aromatic carbocycles. The van der Waals surface area contributed by atoms with Crippen LogP contribution < -0.4 is 0 Å². The summed E-state index contributed by atoms with van der Waals surface area (Å²) in [5.41, 5.74) is 0. The van der Waals surface area contributed by atoms with Gasteiger partial charge in [0.2, 0.25) is 0 Å². The molecule has 0 aromatic heterocycles. The predicted molar refractivity (Wildman–Crippen MR) is 70.3 cm³/mol. The number of hydrogen-bond donors (Lipinski definition) is 2. The maximum Gasteiger partial charge on any atom is 0.320 e. The molecule has 7 nitrogen and oxygen atoms in total. The van der Waals surface area contributed by atoms with Gasteiger partial charge in [0, 0.05) is 26.2 Å². The maximum atomic E-state index is 12.5. The van der Waals surface area contributed by atoms with Gasteiger partial charge < -0.3 is 24.7 Å². The van der Waals surface area contributed by atoms with Crippen molar-refractivity contribution in [2.24, 2.45) is 5.92 Å². The summed E-state index contributed by atoms with van der Waals surface area (Å²) in [6.07, 6.45) is 1.53. The van der Waals surface area contributed by atoms with Crippen molar-refractivity contribution in [3.8, 4) is 0 Å². The van der Waals surface area contributed by atoms with Gasteiger partial charge >= 0.3 is 12.0 Å². The van der Waals surface area contributed by atoms with Crippen LogP contribution in [-0.2, 0) is 9.53 Å². The first-order chi connectivity index (χ1) is 9.61. The predicted octanol–water partition coefficient (Wildman–Crippen LogP) is -0.0138. The zero-order valence-electron chi connectivity index (χ0n) is 11.5. The van der Waals surface area contributed by atoms with Gasteiger partial charge in [0.1, 0.15) is 0 Å². The van der Waals surface area contributed by atoms with Gasteiger partial charge in [-0.05, 0) is 18.8 Å². The number of morpholine rings is 1. The molecule has 2 aliphatic heterocycles. The average Bonchev–Trinajstić information content (AvgIpc) is 2.87. The van der Waals surface area contributed by atoms with Crippen molar-refractivity contribution >= 4 is 12.0 Å². The zero-order valence-corrected chi connectivity index (χ0v) is 11.5. The van der Waals surface area contributed by atoms with Crippen LogP contribution in [-0.4, -0.2) is 77.5 Å². The molecule has 2 rings (SSSR count). The van der Waals surface area contributed by atoms with Crippen molar-refractivity contribution < 1.29 is 24.5 Å². The van der Waals surface area contributed by atoms with Gasteiger partial charge in [-0.1, -0.05) is 0 Å². The Morgan fingerprint density at radius 1 is 1.30 bits per heavy atom. The van der Waals surface area contributed by atoms with Crippen LogP contribution >= 0.6 is 0 Å². The number of hydrogen-bond acceptors (Lipinski definition) is 4. The topological polar surface area (TPSA) is 90.3 Å². The molecule has 0 aliphatic carbocycles. The van der Waals surface area contributed by atoms with E-state index in [1.165, 1.54) is 0 Å². The van der Waals surface area contributed by atoms with Crippen LogP contribution in [0, 0.1) is 5.92 Å². The highest BCUT2D eigenvalue weighted by Gasteiger charge is 2.34.